The molecule has 0 aliphatic heterocycles. The van der Waals surface area contributed by atoms with Gasteiger partial charge in [0.15, 0.2) is 0 Å². The third-order valence-corrected chi connectivity index (χ3v) is 11.0. The van der Waals surface area contributed by atoms with E-state index in [-0.39, 0.29) is 0 Å². The average molecular weight is 1210 g/mol. The summed E-state index contributed by atoms with van der Waals surface area (Å²) in [6.45, 7) is 0. The number of aromatic nitrogens is 6. The Kier molecular flexibility index (Phi) is 5.49. The van der Waals surface area contributed by atoms with E-state index in [4.69, 9.17) is 15.0 Å². The Morgan fingerprint density at radius 1 is 0.588 bits per heavy atom. The zero-order valence-corrected chi connectivity index (χ0v) is 35.6. The number of fused-ring (bicyclic) bond motifs is 12. The van der Waals surface area contributed by atoms with Crippen molar-refractivity contribution in [1.82, 2.24) is 28.2 Å². The van der Waals surface area contributed by atoms with Crippen LogP contribution in [0.3, 0.4) is 0 Å². The Morgan fingerprint density at radius 3 is 1.41 bits per heavy atom. The first kappa shape index (κ1) is 22.4. The predicted molar refractivity (Wildman–Crippen MR) is 138 cm³/mol. The maximum atomic E-state index is 5.14. The van der Waals surface area contributed by atoms with Crippen LogP contribution in [0.5, 0.6) is 0 Å². The molecule has 0 aliphatic carbocycles. The number of rotatable bonds is 3. The van der Waals surface area contributed by atoms with Gasteiger partial charge in [-0.05, 0) is 0 Å². The van der Waals surface area contributed by atoms with Crippen LogP contribution >= 0.6 is 0 Å². The third kappa shape index (κ3) is 3.20. The van der Waals surface area contributed by atoms with Crippen LogP contribution in [0.15, 0.2) is 54.6 Å². The van der Waals surface area contributed by atoms with Gasteiger partial charge in [-0.15, -0.1) is 0 Å². The fourth-order valence-electron chi connectivity index (χ4n) is 4.57. The summed E-state index contributed by atoms with van der Waals surface area (Å²) in [4.78, 5) is 15.3. The minimum atomic E-state index is 0.677. The van der Waals surface area contributed by atoms with Gasteiger partial charge in [-0.25, -0.2) is 0 Å². The van der Waals surface area contributed by atoms with Gasteiger partial charge in [-0.2, -0.15) is 0 Å². The molecule has 0 amide bonds. The molecule has 0 radical (unpaired) electrons. The Bertz CT molecular complexity index is 1920. The second kappa shape index (κ2) is 8.35. The van der Waals surface area contributed by atoms with Crippen LogP contribution in [0.25, 0.3) is 50.4 Å². The molecule has 3 aromatic carbocycles. The summed E-state index contributed by atoms with van der Waals surface area (Å²) in [6.07, 6.45) is 0. The van der Waals surface area contributed by atoms with Crippen LogP contribution in [0.4, 0.5) is 17.1 Å². The number of benzene rings is 3. The van der Waals surface area contributed by atoms with E-state index in [1.165, 1.54) is 5.69 Å². The first-order chi connectivity index (χ1) is 16.6. The van der Waals surface area contributed by atoms with Gasteiger partial charge in [0.2, 0.25) is 0 Å². The van der Waals surface area contributed by atoms with Crippen LogP contribution < -0.4 is 6.77 Å². The first-order valence-electron chi connectivity index (χ1n) is 10.4. The van der Waals surface area contributed by atoms with Gasteiger partial charge in [0.25, 0.3) is 0 Å². The molecule has 34 heavy (non-hydrogen) atoms. The van der Waals surface area contributed by atoms with E-state index >= 15 is 0 Å². The van der Waals surface area contributed by atoms with E-state index in [0.717, 1.165) is 114 Å². The van der Waals surface area contributed by atoms with Crippen LogP contribution in [0, 0.1) is 0 Å². The van der Waals surface area contributed by atoms with Crippen molar-refractivity contribution in [2.75, 3.05) is 6.77 Å². The van der Waals surface area contributed by atoms with Crippen molar-refractivity contribution in [2.45, 2.75) is 0 Å². The molecule has 0 unspecified atom stereocenters. The van der Waals surface area contributed by atoms with Gasteiger partial charge in [0, 0.05) is 0 Å². The standard InChI is InChI=1S/C21H11N9.4Tl/c22-10-1-4-16-13(7-10)25-19-28(16)20-26-14-8-11(23)2-5-17(14)30(20)21-27-15-9-12(24)3-6-18(15)29(19)21;;;;/h1-9,22-23H;;;;/q-2;;;2*+1. The average Bonchev–Trinajstić information content (AvgIpc) is 3.52. The number of imidazole rings is 3. The molecular weight excluding hydrogens is 1200 g/mol. The van der Waals surface area contributed by atoms with Crippen molar-refractivity contribution in [3.63, 3.8) is 0 Å². The topological polar surface area (TPSA) is 79.2 Å². The van der Waals surface area contributed by atoms with Gasteiger partial charge in [0.05, 0.1) is 0 Å². The van der Waals surface area contributed by atoms with Crippen molar-refractivity contribution < 1.29 is 0 Å². The second-order valence-corrected chi connectivity index (χ2v) is 23.6. The molecule has 7 aromatic rings. The molecule has 0 fully saturated rings. The van der Waals surface area contributed by atoms with Gasteiger partial charge in [0.1, 0.15) is 0 Å². The second-order valence-electron chi connectivity index (χ2n) is 8.02. The number of hydrogen-bond donors (Lipinski definition) is 2. The fraction of sp³-hybridized carbons (Fsp3) is 0. The van der Waals surface area contributed by atoms with E-state index in [1.54, 1.807) is 0 Å². The molecule has 0 spiro atoms. The molecule has 13 heteroatoms. The first-order valence-corrected chi connectivity index (χ1v) is 18.9. The summed E-state index contributed by atoms with van der Waals surface area (Å²) in [5, 5.41) is 0. The van der Waals surface area contributed by atoms with Crippen LogP contribution in [0.1, 0.15) is 0 Å². The van der Waals surface area contributed by atoms with Gasteiger partial charge < -0.3 is 0 Å². The summed E-state index contributed by atoms with van der Waals surface area (Å²) >= 11 is 2.95. The van der Waals surface area contributed by atoms with Crippen molar-refractivity contribution in [3.8, 4) is 0 Å². The zero-order valence-electron chi connectivity index (χ0n) is 17.6. The number of nitrogens with one attached hydrogen (secondary N) is 2. The van der Waals surface area contributed by atoms with E-state index in [2.05, 4.69) is 74.6 Å². The van der Waals surface area contributed by atoms with E-state index in [9.17, 15) is 0 Å². The van der Waals surface area contributed by atoms with Crippen molar-refractivity contribution in [2.24, 2.45) is 0 Å². The van der Waals surface area contributed by atoms with E-state index in [1.807, 2.05) is 0 Å². The molecule has 152 valence electrons. The van der Waals surface area contributed by atoms with Crippen LogP contribution in [0.2, 0.25) is 0 Å². The third-order valence-electron chi connectivity index (χ3n) is 6.13. The quantitative estimate of drug-likeness (QED) is 0.265. The molecule has 4 aromatic heterocycles. The number of nitrogens with zero attached hydrogens (tertiary/aromatic N) is 7. The van der Waals surface area contributed by atoms with Gasteiger partial charge in [-0.3, -0.25) is 0 Å². The van der Waals surface area contributed by atoms with E-state index < -0.39 is 0 Å². The Balaban J connectivity index is 1.76. The summed E-state index contributed by atoms with van der Waals surface area (Å²) < 4.78 is 15.7. The van der Waals surface area contributed by atoms with Crippen LogP contribution in [-0.4, -0.2) is 132 Å². The molecule has 0 saturated carbocycles. The molecular formula is C21H11N9Tl4. The van der Waals surface area contributed by atoms with Gasteiger partial charge in [-0.1, -0.05) is 0 Å². The van der Waals surface area contributed by atoms with Crippen molar-refractivity contribution >= 4 is 172 Å². The van der Waals surface area contributed by atoms with Gasteiger partial charge >= 0.3 is 261 Å². The molecule has 0 atom stereocenters. The SMILES string of the molecule is [Tl][NH]c1ccc2c(c1)nc1n2c2nc3cc([NH][Tl])ccc3n2c2nc3cc([N]([Tl])[Tl])ccc3n12. The van der Waals surface area contributed by atoms with Crippen molar-refractivity contribution in [1.29, 1.82) is 0 Å². The number of hydrogen-bond acceptors (Lipinski definition) is 6. The Labute approximate surface area is 257 Å². The Hall–Kier alpha value is -0.842. The molecule has 0 bridgehead atoms. The maximum absolute atomic E-state index is 5.14. The van der Waals surface area contributed by atoms with Crippen molar-refractivity contribution in [3.05, 3.63) is 54.6 Å². The molecule has 0 aliphatic rings. The normalized spacial score (nSPS) is 11.9. The van der Waals surface area contributed by atoms with E-state index in [0.29, 0.717) is 52.1 Å². The summed E-state index contributed by atoms with van der Waals surface area (Å²) in [7, 11) is 0. The molecule has 4 heterocycles. The fourth-order valence-corrected chi connectivity index (χ4v) is 7.22. The molecule has 2 N–H and O–H groups in total. The monoisotopic (exact) mass is 1210 g/mol. The molecule has 7 rings (SSSR count). The summed E-state index contributed by atoms with van der Waals surface area (Å²) in [5.74, 6) is 2.49. The predicted octanol–water partition coefficient (Wildman–Crippen LogP) is 2.05. The number of anilines is 3. The zero-order chi connectivity index (χ0) is 23.1. The van der Waals surface area contributed by atoms with Crippen LogP contribution in [-0.2, 0) is 0 Å². The summed E-state index contributed by atoms with van der Waals surface area (Å²) in [5.41, 5.74) is 9.47. The molecule has 9 nitrogen and oxygen atoms in total. The summed E-state index contributed by atoms with van der Waals surface area (Å²) in [6, 6.07) is 19.4. The molecule has 0 saturated heterocycles. The Morgan fingerprint density at radius 2 is 1.00 bits per heavy atom. The minimum absolute atomic E-state index is 0.677.